The minimum Gasteiger partial charge on any atom is -0.493 e. The van der Waals surface area contributed by atoms with E-state index in [0.717, 1.165) is 49.2 Å². The maximum atomic E-state index is 12.9. The van der Waals surface area contributed by atoms with Crippen molar-refractivity contribution in [2.75, 3.05) is 32.2 Å². The molecular weight excluding hydrogens is 616 g/mol. The molecule has 0 aliphatic carbocycles. The number of imide groups is 1. The largest absolute Gasteiger partial charge is 0.493 e. The molecule has 12 heteroatoms. The first kappa shape index (κ1) is 30.3. The number of hydrogen-bond donors (Lipinski definition) is 1. The molecule has 3 amide bonds. The topological polar surface area (TPSA) is 127 Å². The van der Waals surface area contributed by atoms with Crippen molar-refractivity contribution in [1.29, 1.82) is 0 Å². The number of fused-ring (bicyclic) bond motifs is 2. The molecule has 2 aromatic carbocycles. The van der Waals surface area contributed by atoms with Gasteiger partial charge in [-0.05, 0) is 72.6 Å². The third kappa shape index (κ3) is 6.36. The van der Waals surface area contributed by atoms with Gasteiger partial charge in [-0.1, -0.05) is 0 Å². The molecule has 0 spiro atoms. The molecule has 3 aromatic heterocycles. The summed E-state index contributed by atoms with van der Waals surface area (Å²) in [6.45, 7) is 1.22. The lowest BCUT2D eigenvalue weighted by Crippen LogP contribution is -2.52. The van der Waals surface area contributed by atoms with Gasteiger partial charge in [-0.15, -0.1) is 11.3 Å². The van der Waals surface area contributed by atoms with E-state index in [9.17, 15) is 14.4 Å². The molecule has 2 aliphatic heterocycles. The summed E-state index contributed by atoms with van der Waals surface area (Å²) in [5, 5.41) is 3.22. The standard InChI is InChI=1S/C35H32N6O5S/c1-40(2)31-12-5-21(18-37-31)27-9-4-22(19-36-27)34-38-28-10-7-25(17-30(28)47-34)46-15-3-14-45-24-6-8-26-23(16-24)20-41(35(26)44)29-11-13-32(42)39-33(29)43/h4-10,12,16-19,29H,3,11,13-15,20H2,1-2H3,(H,39,42,43). The van der Waals surface area contributed by atoms with Crippen LogP contribution in [0.5, 0.6) is 11.5 Å². The van der Waals surface area contributed by atoms with Gasteiger partial charge in [-0.2, -0.15) is 0 Å². The van der Waals surface area contributed by atoms with Crippen molar-refractivity contribution < 1.29 is 23.9 Å². The van der Waals surface area contributed by atoms with Crippen molar-refractivity contribution in [3.63, 3.8) is 0 Å². The van der Waals surface area contributed by atoms with Crippen LogP contribution >= 0.6 is 11.3 Å². The van der Waals surface area contributed by atoms with Crippen LogP contribution in [0.2, 0.25) is 0 Å². The lowest BCUT2D eigenvalue weighted by Gasteiger charge is -2.29. The van der Waals surface area contributed by atoms with Gasteiger partial charge in [-0.25, -0.2) is 9.97 Å². The molecular formula is C35H32N6O5S. The molecule has 238 valence electrons. The van der Waals surface area contributed by atoms with Crippen LogP contribution in [0.4, 0.5) is 5.82 Å². The fraction of sp³-hybridized carbons (Fsp3) is 0.257. The van der Waals surface area contributed by atoms with Crippen molar-refractivity contribution in [1.82, 2.24) is 25.2 Å². The zero-order valence-corrected chi connectivity index (χ0v) is 26.8. The van der Waals surface area contributed by atoms with Gasteiger partial charge in [-0.3, -0.25) is 24.7 Å². The Morgan fingerprint density at radius 3 is 2.40 bits per heavy atom. The Bertz CT molecular complexity index is 1980. The predicted octanol–water partition coefficient (Wildman–Crippen LogP) is 5.10. The predicted molar refractivity (Wildman–Crippen MR) is 179 cm³/mol. The molecule has 1 fully saturated rings. The third-order valence-corrected chi connectivity index (χ3v) is 9.26. The van der Waals surface area contributed by atoms with Gasteiger partial charge in [0.2, 0.25) is 11.8 Å². The zero-order chi connectivity index (χ0) is 32.5. The van der Waals surface area contributed by atoms with Crippen LogP contribution in [-0.2, 0) is 16.1 Å². The highest BCUT2D eigenvalue weighted by molar-refractivity contribution is 7.21. The Hall–Kier alpha value is -5.36. The first-order valence-corrected chi connectivity index (χ1v) is 16.2. The van der Waals surface area contributed by atoms with Crippen LogP contribution in [0.1, 0.15) is 35.2 Å². The number of ether oxygens (including phenoxy) is 2. The lowest BCUT2D eigenvalue weighted by molar-refractivity contribution is -0.136. The molecule has 2 aliphatic rings. The normalized spacial score (nSPS) is 15.9. The van der Waals surface area contributed by atoms with E-state index in [1.807, 2.05) is 79.9 Å². The van der Waals surface area contributed by atoms with E-state index in [1.54, 1.807) is 23.5 Å². The number of anilines is 1. The summed E-state index contributed by atoms with van der Waals surface area (Å²) in [4.78, 5) is 54.1. The Kier molecular flexibility index (Phi) is 8.25. The van der Waals surface area contributed by atoms with Gasteiger partial charge in [0.15, 0.2) is 0 Å². The van der Waals surface area contributed by atoms with Crippen molar-refractivity contribution >= 4 is 45.1 Å². The number of rotatable bonds is 10. The van der Waals surface area contributed by atoms with Crippen LogP contribution in [-0.4, -0.2) is 70.9 Å². The Labute approximate surface area is 275 Å². The second-order valence-corrected chi connectivity index (χ2v) is 12.7. The van der Waals surface area contributed by atoms with Gasteiger partial charge in [0, 0.05) is 62.6 Å². The molecule has 7 rings (SSSR count). The lowest BCUT2D eigenvalue weighted by atomic mass is 10.0. The minimum atomic E-state index is -0.635. The van der Waals surface area contributed by atoms with E-state index < -0.39 is 11.9 Å². The van der Waals surface area contributed by atoms with E-state index >= 15 is 0 Å². The summed E-state index contributed by atoms with van der Waals surface area (Å²) < 4.78 is 13.0. The second kappa shape index (κ2) is 12.8. The number of benzene rings is 2. The summed E-state index contributed by atoms with van der Waals surface area (Å²) in [6.07, 6.45) is 4.90. The summed E-state index contributed by atoms with van der Waals surface area (Å²) in [6, 6.07) is 18.6. The van der Waals surface area contributed by atoms with Crippen molar-refractivity contribution in [3.05, 3.63) is 84.2 Å². The summed E-state index contributed by atoms with van der Waals surface area (Å²) >= 11 is 1.59. The van der Waals surface area contributed by atoms with Crippen molar-refractivity contribution in [3.8, 4) is 33.3 Å². The molecule has 0 bridgehead atoms. The first-order chi connectivity index (χ1) is 22.8. The molecule has 11 nitrogen and oxygen atoms in total. The number of carbonyl (C=O) groups excluding carboxylic acids is 3. The number of amides is 3. The molecule has 1 N–H and O–H groups in total. The number of carbonyl (C=O) groups is 3. The highest BCUT2D eigenvalue weighted by Gasteiger charge is 2.39. The Morgan fingerprint density at radius 1 is 0.915 bits per heavy atom. The number of nitrogens with one attached hydrogen (secondary N) is 1. The van der Waals surface area contributed by atoms with E-state index in [2.05, 4.69) is 15.3 Å². The molecule has 0 saturated carbocycles. The molecule has 5 heterocycles. The average Bonchev–Trinajstić information content (AvgIpc) is 3.65. The minimum absolute atomic E-state index is 0.200. The van der Waals surface area contributed by atoms with Gasteiger partial charge in [0.05, 0.1) is 29.1 Å². The van der Waals surface area contributed by atoms with Crippen LogP contribution in [0.25, 0.3) is 32.0 Å². The Balaban J connectivity index is 0.908. The van der Waals surface area contributed by atoms with E-state index in [-0.39, 0.29) is 18.2 Å². The van der Waals surface area contributed by atoms with Gasteiger partial charge in [0.25, 0.3) is 5.91 Å². The number of piperidine rings is 1. The SMILES string of the molecule is CN(C)c1ccc(-c2ccc(-c3nc4ccc(OCCCOc5ccc6c(c5)CN(C5CCC(=O)NC5=O)C6=O)cc4s3)cn2)cn1. The molecule has 1 atom stereocenters. The van der Waals surface area contributed by atoms with Crippen molar-refractivity contribution in [2.24, 2.45) is 0 Å². The molecule has 47 heavy (non-hydrogen) atoms. The number of nitrogens with zero attached hydrogens (tertiary/aromatic N) is 5. The summed E-state index contributed by atoms with van der Waals surface area (Å²) in [5.74, 6) is 1.39. The molecule has 1 unspecified atom stereocenters. The van der Waals surface area contributed by atoms with Gasteiger partial charge >= 0.3 is 0 Å². The number of pyridine rings is 2. The van der Waals surface area contributed by atoms with Crippen LogP contribution in [0, 0.1) is 0 Å². The third-order valence-electron chi connectivity index (χ3n) is 8.19. The van der Waals surface area contributed by atoms with Crippen molar-refractivity contribution in [2.45, 2.75) is 31.8 Å². The summed E-state index contributed by atoms with van der Waals surface area (Å²) in [7, 11) is 3.92. The first-order valence-electron chi connectivity index (χ1n) is 15.4. The average molecular weight is 649 g/mol. The maximum absolute atomic E-state index is 12.9. The highest BCUT2D eigenvalue weighted by Crippen LogP contribution is 2.33. The number of thiazole rings is 1. The van der Waals surface area contributed by atoms with Crippen LogP contribution in [0.15, 0.2) is 73.1 Å². The number of hydrogen-bond acceptors (Lipinski definition) is 10. The fourth-order valence-electron chi connectivity index (χ4n) is 5.69. The van der Waals surface area contributed by atoms with E-state index in [4.69, 9.17) is 14.5 Å². The molecule has 1 saturated heterocycles. The van der Waals surface area contributed by atoms with E-state index in [0.29, 0.717) is 43.9 Å². The monoisotopic (exact) mass is 648 g/mol. The maximum Gasteiger partial charge on any atom is 0.255 e. The molecule has 0 radical (unpaired) electrons. The fourth-order valence-corrected chi connectivity index (χ4v) is 6.68. The van der Waals surface area contributed by atoms with E-state index in [1.165, 1.54) is 4.90 Å². The Morgan fingerprint density at radius 2 is 1.68 bits per heavy atom. The summed E-state index contributed by atoms with van der Waals surface area (Å²) in [5.41, 5.74) is 5.04. The number of aromatic nitrogens is 3. The van der Waals surface area contributed by atoms with Gasteiger partial charge in [0.1, 0.15) is 28.4 Å². The smallest absolute Gasteiger partial charge is 0.255 e. The van der Waals surface area contributed by atoms with Crippen LogP contribution in [0.3, 0.4) is 0 Å². The molecule has 5 aromatic rings. The van der Waals surface area contributed by atoms with Crippen LogP contribution < -0.4 is 19.7 Å². The van der Waals surface area contributed by atoms with Gasteiger partial charge < -0.3 is 19.3 Å². The quantitative estimate of drug-likeness (QED) is 0.163. The second-order valence-electron chi connectivity index (χ2n) is 11.6. The highest BCUT2D eigenvalue weighted by atomic mass is 32.1. The zero-order valence-electron chi connectivity index (χ0n) is 25.9.